The Balaban J connectivity index is 2.03. The number of aliphatic hydroxyl groups is 1. The van der Waals surface area contributed by atoms with Crippen molar-refractivity contribution in [2.45, 2.75) is 44.2 Å². The van der Waals surface area contributed by atoms with Crippen LogP contribution >= 0.6 is 27.5 Å². The first-order valence-electron chi connectivity index (χ1n) is 6.45. The molecule has 2 rings (SSSR count). The van der Waals surface area contributed by atoms with Crippen molar-refractivity contribution in [3.05, 3.63) is 33.3 Å². The molecule has 1 aliphatic carbocycles. The zero-order chi connectivity index (χ0) is 13.0. The molecule has 1 saturated carbocycles. The molecule has 0 saturated heterocycles. The maximum absolute atomic E-state index is 9.64. The third kappa shape index (κ3) is 3.47. The highest BCUT2D eigenvalue weighted by atomic mass is 79.9. The van der Waals surface area contributed by atoms with E-state index >= 15 is 0 Å². The second-order valence-electron chi connectivity index (χ2n) is 5.09. The van der Waals surface area contributed by atoms with Gasteiger partial charge in [-0.05, 0) is 36.6 Å². The first-order valence-corrected chi connectivity index (χ1v) is 7.62. The summed E-state index contributed by atoms with van der Waals surface area (Å²) in [6.45, 7) is 0.951. The van der Waals surface area contributed by atoms with Crippen molar-refractivity contribution >= 4 is 27.5 Å². The first kappa shape index (κ1) is 14.3. The maximum atomic E-state index is 9.64. The van der Waals surface area contributed by atoms with Crippen molar-refractivity contribution in [1.82, 2.24) is 5.32 Å². The Morgan fingerprint density at radius 2 is 2.00 bits per heavy atom. The van der Waals surface area contributed by atoms with E-state index in [1.165, 1.54) is 19.3 Å². The van der Waals surface area contributed by atoms with Crippen molar-refractivity contribution in [2.75, 3.05) is 6.61 Å². The fourth-order valence-corrected chi connectivity index (χ4v) is 3.16. The first-order chi connectivity index (χ1) is 8.65. The van der Waals surface area contributed by atoms with Crippen LogP contribution in [0.1, 0.15) is 37.7 Å². The Bertz CT molecular complexity index is 405. The van der Waals surface area contributed by atoms with Gasteiger partial charge in [-0.15, -0.1) is 0 Å². The summed E-state index contributed by atoms with van der Waals surface area (Å²) >= 11 is 9.54. The number of hydrogen-bond acceptors (Lipinski definition) is 2. The lowest BCUT2D eigenvalue weighted by atomic mass is 9.82. The summed E-state index contributed by atoms with van der Waals surface area (Å²) in [5, 5.41) is 13.9. The van der Waals surface area contributed by atoms with Crippen molar-refractivity contribution in [3.63, 3.8) is 0 Å². The predicted octanol–water partition coefficient (Wildman–Crippen LogP) is 3.89. The van der Waals surface area contributed by atoms with Gasteiger partial charge in [0.15, 0.2) is 0 Å². The summed E-state index contributed by atoms with van der Waals surface area (Å²) in [7, 11) is 0. The Kier molecular flexibility index (Phi) is 5.07. The van der Waals surface area contributed by atoms with Gasteiger partial charge in [-0.3, -0.25) is 0 Å². The average Bonchev–Trinajstić information content (AvgIpc) is 2.41. The molecule has 1 aromatic rings. The fraction of sp³-hybridized carbons (Fsp3) is 0.571. The van der Waals surface area contributed by atoms with Crippen molar-refractivity contribution in [1.29, 1.82) is 0 Å². The molecule has 1 aliphatic rings. The van der Waals surface area contributed by atoms with Crippen LogP contribution in [0.3, 0.4) is 0 Å². The van der Waals surface area contributed by atoms with Crippen LogP contribution in [0, 0.1) is 0 Å². The molecule has 0 bridgehead atoms. The Morgan fingerprint density at radius 3 is 2.67 bits per heavy atom. The highest BCUT2D eigenvalue weighted by Gasteiger charge is 2.30. The number of hydrogen-bond donors (Lipinski definition) is 2. The van der Waals surface area contributed by atoms with Gasteiger partial charge in [0.1, 0.15) is 0 Å². The summed E-state index contributed by atoms with van der Waals surface area (Å²) in [4.78, 5) is 0. The quantitative estimate of drug-likeness (QED) is 0.877. The molecule has 0 atom stereocenters. The molecule has 0 amide bonds. The molecule has 1 aromatic carbocycles. The largest absolute Gasteiger partial charge is 0.394 e. The number of benzene rings is 1. The van der Waals surface area contributed by atoms with E-state index in [9.17, 15) is 5.11 Å². The Morgan fingerprint density at radius 1 is 1.28 bits per heavy atom. The minimum atomic E-state index is -0.0972. The number of halogens is 2. The third-order valence-corrected chi connectivity index (χ3v) is 4.78. The van der Waals surface area contributed by atoms with Gasteiger partial charge in [0.25, 0.3) is 0 Å². The van der Waals surface area contributed by atoms with Crippen LogP contribution < -0.4 is 5.32 Å². The van der Waals surface area contributed by atoms with Crippen LogP contribution in [0.15, 0.2) is 22.7 Å². The second-order valence-corrected chi connectivity index (χ2v) is 6.38. The van der Waals surface area contributed by atoms with Gasteiger partial charge in [0, 0.05) is 21.6 Å². The summed E-state index contributed by atoms with van der Waals surface area (Å²) in [6.07, 6.45) is 5.79. The fourth-order valence-electron chi connectivity index (χ4n) is 2.58. The topological polar surface area (TPSA) is 32.3 Å². The lowest BCUT2D eigenvalue weighted by molar-refractivity contribution is 0.119. The molecule has 0 radical (unpaired) electrons. The SMILES string of the molecule is OCC1(NCc2cc(Cl)ccc2Br)CCCCC1. The molecule has 0 spiro atoms. The van der Waals surface area contributed by atoms with E-state index in [0.717, 1.165) is 34.4 Å². The van der Waals surface area contributed by atoms with Gasteiger partial charge in [0.2, 0.25) is 0 Å². The predicted molar refractivity (Wildman–Crippen MR) is 78.9 cm³/mol. The van der Waals surface area contributed by atoms with Gasteiger partial charge in [-0.2, -0.15) is 0 Å². The molecule has 2 N–H and O–H groups in total. The van der Waals surface area contributed by atoms with E-state index in [-0.39, 0.29) is 12.1 Å². The molecule has 2 nitrogen and oxygen atoms in total. The van der Waals surface area contributed by atoms with E-state index in [2.05, 4.69) is 21.2 Å². The summed E-state index contributed by atoms with van der Waals surface area (Å²) in [5.41, 5.74) is 1.04. The van der Waals surface area contributed by atoms with Crippen LogP contribution in [-0.2, 0) is 6.54 Å². The highest BCUT2D eigenvalue weighted by Crippen LogP contribution is 2.29. The Labute approximate surface area is 122 Å². The van der Waals surface area contributed by atoms with Gasteiger partial charge in [-0.25, -0.2) is 0 Å². The van der Waals surface area contributed by atoms with Crippen LogP contribution in [0.25, 0.3) is 0 Å². The molecule has 1 fully saturated rings. The van der Waals surface area contributed by atoms with Crippen LogP contribution in [0.2, 0.25) is 5.02 Å². The van der Waals surface area contributed by atoms with E-state index in [4.69, 9.17) is 11.6 Å². The Hall–Kier alpha value is -0.0900. The third-order valence-electron chi connectivity index (χ3n) is 3.77. The normalized spacial score (nSPS) is 18.8. The highest BCUT2D eigenvalue weighted by molar-refractivity contribution is 9.10. The molecule has 100 valence electrons. The van der Waals surface area contributed by atoms with Gasteiger partial charge < -0.3 is 10.4 Å². The lowest BCUT2D eigenvalue weighted by Gasteiger charge is -2.37. The summed E-state index contributed by atoms with van der Waals surface area (Å²) in [6, 6.07) is 5.80. The van der Waals surface area contributed by atoms with Crippen LogP contribution in [0.4, 0.5) is 0 Å². The lowest BCUT2D eigenvalue weighted by Crippen LogP contribution is -2.49. The van der Waals surface area contributed by atoms with Crippen molar-refractivity contribution < 1.29 is 5.11 Å². The molecule has 0 heterocycles. The zero-order valence-corrected chi connectivity index (χ0v) is 12.7. The molecule has 4 heteroatoms. The maximum Gasteiger partial charge on any atom is 0.0613 e. The molecule has 0 aliphatic heterocycles. The second kappa shape index (κ2) is 6.38. The smallest absolute Gasteiger partial charge is 0.0613 e. The average molecular weight is 333 g/mol. The van der Waals surface area contributed by atoms with E-state index in [0.29, 0.717) is 0 Å². The van der Waals surface area contributed by atoms with Crippen molar-refractivity contribution in [3.8, 4) is 0 Å². The van der Waals surface area contributed by atoms with Gasteiger partial charge in [0.05, 0.1) is 6.61 Å². The van der Waals surface area contributed by atoms with E-state index in [1.807, 2.05) is 18.2 Å². The van der Waals surface area contributed by atoms with Crippen LogP contribution in [0.5, 0.6) is 0 Å². The van der Waals surface area contributed by atoms with Gasteiger partial charge >= 0.3 is 0 Å². The monoisotopic (exact) mass is 331 g/mol. The number of rotatable bonds is 4. The summed E-state index contributed by atoms with van der Waals surface area (Å²) < 4.78 is 1.06. The van der Waals surface area contributed by atoms with E-state index < -0.39 is 0 Å². The zero-order valence-electron chi connectivity index (χ0n) is 10.4. The molecular formula is C14H19BrClNO. The minimum absolute atomic E-state index is 0.0972. The molecule has 0 aromatic heterocycles. The van der Waals surface area contributed by atoms with Crippen LogP contribution in [-0.4, -0.2) is 17.3 Å². The summed E-state index contributed by atoms with van der Waals surface area (Å²) in [5.74, 6) is 0. The molecule has 0 unspecified atom stereocenters. The standard InChI is InChI=1S/C14H19BrClNO/c15-13-5-4-12(16)8-11(13)9-17-14(10-18)6-2-1-3-7-14/h4-5,8,17-18H,1-3,6-7,9-10H2. The number of aliphatic hydroxyl groups excluding tert-OH is 1. The van der Waals surface area contributed by atoms with E-state index in [1.54, 1.807) is 0 Å². The molecule has 18 heavy (non-hydrogen) atoms. The molecular weight excluding hydrogens is 314 g/mol. The van der Waals surface area contributed by atoms with Gasteiger partial charge in [-0.1, -0.05) is 46.8 Å². The van der Waals surface area contributed by atoms with Crippen molar-refractivity contribution in [2.24, 2.45) is 0 Å². The number of nitrogens with one attached hydrogen (secondary N) is 1. The minimum Gasteiger partial charge on any atom is -0.394 e.